The summed E-state index contributed by atoms with van der Waals surface area (Å²) in [5.41, 5.74) is 5.54. The monoisotopic (exact) mass is 226 g/mol. The molecule has 0 fully saturated rings. The third-order valence-electron chi connectivity index (χ3n) is 2.69. The van der Waals surface area contributed by atoms with Crippen LogP contribution in [0, 0.1) is 0 Å². The van der Waals surface area contributed by atoms with Crippen molar-refractivity contribution in [2.45, 2.75) is 25.8 Å². The number of likely N-dealkylation sites (N-methyl/N-ethyl adjacent to an activating group) is 1. The van der Waals surface area contributed by atoms with Crippen molar-refractivity contribution in [1.82, 2.24) is 4.90 Å². The third kappa shape index (κ3) is 2.79. The minimum Gasteiger partial charge on any atom is -0.341 e. The molecule has 0 aliphatic heterocycles. The van der Waals surface area contributed by atoms with Crippen molar-refractivity contribution in [3.05, 3.63) is 22.4 Å². The maximum atomic E-state index is 12.0. The van der Waals surface area contributed by atoms with Gasteiger partial charge >= 0.3 is 0 Å². The molecule has 1 rings (SSSR count). The van der Waals surface area contributed by atoms with Crippen LogP contribution in [0.3, 0.4) is 0 Å². The molecule has 4 heteroatoms. The Bertz CT molecular complexity index is 310. The van der Waals surface area contributed by atoms with Gasteiger partial charge in [-0.2, -0.15) is 0 Å². The van der Waals surface area contributed by atoms with E-state index in [2.05, 4.69) is 0 Å². The minimum atomic E-state index is -0.0657. The average Bonchev–Trinajstić information content (AvgIpc) is 2.78. The first-order chi connectivity index (χ1) is 7.07. The van der Waals surface area contributed by atoms with Gasteiger partial charge < -0.3 is 10.6 Å². The van der Waals surface area contributed by atoms with Crippen molar-refractivity contribution in [2.24, 2.45) is 5.73 Å². The first kappa shape index (κ1) is 12.2. The van der Waals surface area contributed by atoms with Crippen molar-refractivity contribution >= 4 is 17.2 Å². The van der Waals surface area contributed by atoms with Crippen LogP contribution in [0.25, 0.3) is 0 Å². The standard InChI is InChI=1S/C11H18N2OS/c1-8(7-12)13(3)11(14)9(2)10-5-4-6-15-10/h4-6,8-9H,7,12H2,1-3H3. The number of rotatable bonds is 4. The number of nitrogens with zero attached hydrogens (tertiary/aromatic N) is 1. The van der Waals surface area contributed by atoms with Gasteiger partial charge in [0.15, 0.2) is 0 Å². The van der Waals surface area contributed by atoms with Gasteiger partial charge in [0.25, 0.3) is 0 Å². The molecule has 0 radical (unpaired) electrons. The molecule has 0 bridgehead atoms. The first-order valence-electron chi connectivity index (χ1n) is 5.08. The van der Waals surface area contributed by atoms with Gasteiger partial charge in [-0.1, -0.05) is 6.07 Å². The van der Waals surface area contributed by atoms with Gasteiger partial charge in [-0.25, -0.2) is 0 Å². The molecule has 3 nitrogen and oxygen atoms in total. The van der Waals surface area contributed by atoms with Gasteiger partial charge in [-0.15, -0.1) is 11.3 Å². The Kier molecular flexibility index (Phi) is 4.29. The molecule has 0 aromatic carbocycles. The van der Waals surface area contributed by atoms with E-state index >= 15 is 0 Å². The minimum absolute atomic E-state index is 0.0657. The smallest absolute Gasteiger partial charge is 0.230 e. The number of hydrogen-bond acceptors (Lipinski definition) is 3. The van der Waals surface area contributed by atoms with Gasteiger partial charge in [-0.3, -0.25) is 4.79 Å². The van der Waals surface area contributed by atoms with Crippen molar-refractivity contribution < 1.29 is 4.79 Å². The van der Waals surface area contributed by atoms with Gasteiger partial charge in [-0.05, 0) is 25.3 Å². The molecule has 1 aromatic heterocycles. The lowest BCUT2D eigenvalue weighted by molar-refractivity contribution is -0.132. The van der Waals surface area contributed by atoms with E-state index in [4.69, 9.17) is 5.73 Å². The molecule has 1 amide bonds. The number of amides is 1. The molecule has 84 valence electrons. The number of carbonyl (C=O) groups excluding carboxylic acids is 1. The highest BCUT2D eigenvalue weighted by Gasteiger charge is 2.22. The van der Waals surface area contributed by atoms with E-state index in [0.717, 1.165) is 4.88 Å². The fraction of sp³-hybridized carbons (Fsp3) is 0.545. The van der Waals surface area contributed by atoms with Crippen LogP contribution >= 0.6 is 11.3 Å². The zero-order valence-electron chi connectivity index (χ0n) is 9.43. The van der Waals surface area contributed by atoms with E-state index in [1.165, 1.54) is 0 Å². The topological polar surface area (TPSA) is 46.3 Å². The molecular formula is C11H18N2OS. The second-order valence-electron chi connectivity index (χ2n) is 3.77. The van der Waals surface area contributed by atoms with Crippen LogP contribution in [0.15, 0.2) is 17.5 Å². The average molecular weight is 226 g/mol. The Hall–Kier alpha value is -0.870. The molecule has 0 spiro atoms. The Morgan fingerprint density at radius 2 is 2.27 bits per heavy atom. The van der Waals surface area contributed by atoms with Crippen molar-refractivity contribution in [3.8, 4) is 0 Å². The van der Waals surface area contributed by atoms with Crippen LogP contribution in [0.2, 0.25) is 0 Å². The molecule has 0 aliphatic rings. The lowest BCUT2D eigenvalue weighted by atomic mass is 10.1. The highest BCUT2D eigenvalue weighted by molar-refractivity contribution is 7.10. The number of hydrogen-bond donors (Lipinski definition) is 1. The Morgan fingerprint density at radius 3 is 2.73 bits per heavy atom. The fourth-order valence-corrected chi connectivity index (χ4v) is 2.12. The summed E-state index contributed by atoms with van der Waals surface area (Å²) in [6.07, 6.45) is 0. The second-order valence-corrected chi connectivity index (χ2v) is 4.75. The SMILES string of the molecule is CC(C(=O)N(C)C(C)CN)c1cccs1. The van der Waals surface area contributed by atoms with Crippen molar-refractivity contribution in [2.75, 3.05) is 13.6 Å². The van der Waals surface area contributed by atoms with E-state index in [1.807, 2.05) is 38.4 Å². The Labute approximate surface area is 94.9 Å². The summed E-state index contributed by atoms with van der Waals surface area (Å²) in [5.74, 6) is 0.0689. The van der Waals surface area contributed by atoms with Crippen LogP contribution in [0.1, 0.15) is 24.6 Å². The molecule has 2 atom stereocenters. The summed E-state index contributed by atoms with van der Waals surface area (Å²) in [4.78, 5) is 14.9. The van der Waals surface area contributed by atoms with E-state index in [-0.39, 0.29) is 17.9 Å². The lowest BCUT2D eigenvalue weighted by Crippen LogP contribution is -2.41. The predicted molar refractivity (Wildman–Crippen MR) is 64.0 cm³/mol. The van der Waals surface area contributed by atoms with E-state index in [9.17, 15) is 4.79 Å². The zero-order chi connectivity index (χ0) is 11.4. The highest BCUT2D eigenvalue weighted by atomic mass is 32.1. The normalized spacial score (nSPS) is 14.7. The van der Waals surface area contributed by atoms with E-state index in [1.54, 1.807) is 16.2 Å². The number of carbonyl (C=O) groups is 1. The molecule has 0 saturated carbocycles. The van der Waals surface area contributed by atoms with Gasteiger partial charge in [0.1, 0.15) is 0 Å². The zero-order valence-corrected chi connectivity index (χ0v) is 10.3. The van der Waals surface area contributed by atoms with E-state index in [0.29, 0.717) is 6.54 Å². The van der Waals surface area contributed by atoms with Crippen molar-refractivity contribution in [3.63, 3.8) is 0 Å². The first-order valence-corrected chi connectivity index (χ1v) is 5.96. The van der Waals surface area contributed by atoms with Gasteiger partial charge in [0.05, 0.1) is 5.92 Å². The quantitative estimate of drug-likeness (QED) is 0.848. The maximum absolute atomic E-state index is 12.0. The third-order valence-corrected chi connectivity index (χ3v) is 3.75. The summed E-state index contributed by atoms with van der Waals surface area (Å²) >= 11 is 1.62. The largest absolute Gasteiger partial charge is 0.341 e. The molecular weight excluding hydrogens is 208 g/mol. The summed E-state index contributed by atoms with van der Waals surface area (Å²) < 4.78 is 0. The Morgan fingerprint density at radius 1 is 1.60 bits per heavy atom. The van der Waals surface area contributed by atoms with Gasteiger partial charge in [0.2, 0.25) is 5.91 Å². The fourth-order valence-electron chi connectivity index (χ4n) is 1.34. The van der Waals surface area contributed by atoms with Crippen LogP contribution in [-0.4, -0.2) is 30.4 Å². The number of nitrogens with two attached hydrogens (primary N) is 1. The molecule has 0 saturated heterocycles. The van der Waals surface area contributed by atoms with Gasteiger partial charge in [0, 0.05) is 24.5 Å². The summed E-state index contributed by atoms with van der Waals surface area (Å²) in [6.45, 7) is 4.40. The summed E-state index contributed by atoms with van der Waals surface area (Å²) in [7, 11) is 1.81. The maximum Gasteiger partial charge on any atom is 0.230 e. The number of thiophene rings is 1. The van der Waals surface area contributed by atoms with Crippen LogP contribution in [0.4, 0.5) is 0 Å². The summed E-state index contributed by atoms with van der Waals surface area (Å²) in [5, 5.41) is 1.99. The van der Waals surface area contributed by atoms with Crippen LogP contribution in [-0.2, 0) is 4.79 Å². The molecule has 1 aromatic rings. The molecule has 2 unspecified atom stereocenters. The van der Waals surface area contributed by atoms with Crippen molar-refractivity contribution in [1.29, 1.82) is 0 Å². The molecule has 0 aliphatic carbocycles. The molecule has 15 heavy (non-hydrogen) atoms. The second kappa shape index (κ2) is 5.28. The molecule has 1 heterocycles. The predicted octanol–water partition coefficient (Wildman–Crippen LogP) is 1.66. The van der Waals surface area contributed by atoms with Crippen LogP contribution in [0.5, 0.6) is 0 Å². The lowest BCUT2D eigenvalue weighted by Gasteiger charge is -2.26. The van der Waals surface area contributed by atoms with E-state index < -0.39 is 0 Å². The highest BCUT2D eigenvalue weighted by Crippen LogP contribution is 2.22. The molecule has 2 N–H and O–H groups in total. The summed E-state index contributed by atoms with van der Waals surface area (Å²) in [6, 6.07) is 4.06. The Balaban J connectivity index is 2.68. The van der Waals surface area contributed by atoms with Crippen LogP contribution < -0.4 is 5.73 Å².